The molecule has 3 rings (SSSR count). The van der Waals surface area contributed by atoms with Crippen LogP contribution in [0.2, 0.25) is 0 Å². The van der Waals surface area contributed by atoms with E-state index in [4.69, 9.17) is 0 Å². The van der Waals surface area contributed by atoms with E-state index in [1.54, 1.807) is 0 Å². The van der Waals surface area contributed by atoms with Crippen molar-refractivity contribution in [1.82, 2.24) is 0 Å². The van der Waals surface area contributed by atoms with Gasteiger partial charge in [-0.05, 0) is 93.5 Å². The topological polar surface area (TPSA) is 23.6 Å². The minimum atomic E-state index is 0.180. The number of nitrogens with zero attached hydrogens (tertiary/aromatic N) is 2. The third kappa shape index (κ3) is 7.32. The van der Waals surface area contributed by atoms with Crippen LogP contribution in [0.15, 0.2) is 84.0 Å². The highest BCUT2D eigenvalue weighted by molar-refractivity contribution is 6.09. The number of rotatable bonds is 10. The number of Topliss-reactive ketones (excluding diaryl/α,β-unsaturated/α-hetero) is 1. The van der Waals surface area contributed by atoms with Crippen LogP contribution in [0.4, 0.5) is 11.4 Å². The molecule has 0 aromatic heterocycles. The molecule has 2 aromatic rings. The average Bonchev–Trinajstić information content (AvgIpc) is 2.89. The first kappa shape index (κ1) is 26.3. The number of benzene rings is 2. The van der Waals surface area contributed by atoms with Gasteiger partial charge in [-0.1, -0.05) is 60.7 Å². The van der Waals surface area contributed by atoms with Crippen LogP contribution in [0.5, 0.6) is 0 Å². The lowest BCUT2D eigenvalue weighted by Gasteiger charge is -2.20. The maximum absolute atomic E-state index is 13.0. The van der Waals surface area contributed by atoms with Crippen LogP contribution in [0.1, 0.15) is 58.1 Å². The van der Waals surface area contributed by atoms with Gasteiger partial charge in [0.1, 0.15) is 0 Å². The molecule has 0 heterocycles. The first-order valence-electron chi connectivity index (χ1n) is 13.1. The minimum absolute atomic E-state index is 0.180. The maximum atomic E-state index is 13.0. The van der Waals surface area contributed by atoms with Crippen molar-refractivity contribution in [2.45, 2.75) is 47.0 Å². The van der Waals surface area contributed by atoms with Crippen molar-refractivity contribution in [3.8, 4) is 0 Å². The van der Waals surface area contributed by atoms with Crippen LogP contribution < -0.4 is 9.80 Å². The monoisotopic (exact) mass is 468 g/mol. The van der Waals surface area contributed by atoms with Crippen LogP contribution in [0.25, 0.3) is 12.2 Å². The van der Waals surface area contributed by atoms with Gasteiger partial charge in [0.25, 0.3) is 0 Å². The van der Waals surface area contributed by atoms with Gasteiger partial charge in [-0.3, -0.25) is 4.79 Å². The van der Waals surface area contributed by atoms with E-state index in [-0.39, 0.29) is 5.78 Å². The fraction of sp³-hybridized carbons (Fsp3) is 0.344. The zero-order valence-corrected chi connectivity index (χ0v) is 21.8. The Kier molecular flexibility index (Phi) is 10.2. The summed E-state index contributed by atoms with van der Waals surface area (Å²) in [5.41, 5.74) is 6.58. The number of allylic oxidation sites excluding steroid dienone is 6. The summed E-state index contributed by atoms with van der Waals surface area (Å²) in [7, 11) is 0. The van der Waals surface area contributed by atoms with E-state index in [1.165, 1.54) is 11.4 Å². The molecule has 0 amide bonds. The molecule has 3 heteroatoms. The zero-order valence-electron chi connectivity index (χ0n) is 21.8. The summed E-state index contributed by atoms with van der Waals surface area (Å²) in [5.74, 6) is 0.180. The van der Waals surface area contributed by atoms with Gasteiger partial charge in [0.15, 0.2) is 5.78 Å². The van der Waals surface area contributed by atoms with Crippen molar-refractivity contribution < 1.29 is 4.79 Å². The first-order valence-corrected chi connectivity index (χ1v) is 13.1. The summed E-state index contributed by atoms with van der Waals surface area (Å²) in [6.45, 7) is 12.7. The Morgan fingerprint density at radius 1 is 0.629 bits per heavy atom. The van der Waals surface area contributed by atoms with Gasteiger partial charge >= 0.3 is 0 Å². The quantitative estimate of drug-likeness (QED) is 0.334. The number of carbonyl (C=O) groups excluding carboxylic acids is 1. The molecule has 0 unspecified atom stereocenters. The largest absolute Gasteiger partial charge is 0.372 e. The Morgan fingerprint density at radius 3 is 1.34 bits per heavy atom. The SMILES string of the molecule is CCN(CC)c1ccc(C=CC=C2CCCC(=CC=Cc3ccc(N(CC)CC)cc3)C2=O)cc1. The van der Waals surface area contributed by atoms with E-state index in [0.717, 1.165) is 67.7 Å². The van der Waals surface area contributed by atoms with Crippen molar-refractivity contribution in [2.75, 3.05) is 36.0 Å². The lowest BCUT2D eigenvalue weighted by molar-refractivity contribution is -0.113. The van der Waals surface area contributed by atoms with Crippen LogP contribution in [-0.4, -0.2) is 32.0 Å². The van der Waals surface area contributed by atoms with Crippen LogP contribution in [0, 0.1) is 0 Å². The lowest BCUT2D eigenvalue weighted by atomic mass is 9.88. The lowest BCUT2D eigenvalue weighted by Crippen LogP contribution is -2.21. The van der Waals surface area contributed by atoms with Gasteiger partial charge in [0.05, 0.1) is 0 Å². The van der Waals surface area contributed by atoms with Crippen LogP contribution >= 0.6 is 0 Å². The smallest absolute Gasteiger partial charge is 0.184 e. The standard InChI is InChI=1S/C32H40N2O/c1-5-33(6-2)30-22-18-26(19-23-30)12-9-14-28-16-11-17-29(32(28)35)15-10-13-27-20-24-31(25-21-27)34(7-3)8-4/h9-10,12-15,18-25H,5-8,11,16-17H2,1-4H3. The van der Waals surface area contributed by atoms with E-state index >= 15 is 0 Å². The number of carbonyl (C=O) groups is 1. The second-order valence-electron chi connectivity index (χ2n) is 8.81. The summed E-state index contributed by atoms with van der Waals surface area (Å²) in [5, 5.41) is 0. The Bertz CT molecular complexity index is 978. The molecule has 35 heavy (non-hydrogen) atoms. The minimum Gasteiger partial charge on any atom is -0.372 e. The third-order valence-corrected chi connectivity index (χ3v) is 6.69. The molecule has 1 saturated carbocycles. The van der Waals surface area contributed by atoms with Gasteiger partial charge in [-0.2, -0.15) is 0 Å². The molecule has 3 nitrogen and oxygen atoms in total. The molecule has 184 valence electrons. The van der Waals surface area contributed by atoms with E-state index in [2.05, 4.69) is 98.2 Å². The molecule has 0 atom stereocenters. The second-order valence-corrected chi connectivity index (χ2v) is 8.81. The van der Waals surface area contributed by atoms with Gasteiger partial charge in [0, 0.05) is 37.6 Å². The molecule has 1 fully saturated rings. The highest BCUT2D eigenvalue weighted by atomic mass is 16.1. The summed E-state index contributed by atoms with van der Waals surface area (Å²) in [4.78, 5) is 17.6. The van der Waals surface area contributed by atoms with Crippen molar-refractivity contribution in [3.63, 3.8) is 0 Å². The van der Waals surface area contributed by atoms with Crippen molar-refractivity contribution >= 4 is 29.3 Å². The Balaban J connectivity index is 1.62. The van der Waals surface area contributed by atoms with Gasteiger partial charge in [0.2, 0.25) is 0 Å². The van der Waals surface area contributed by atoms with Crippen LogP contribution in [-0.2, 0) is 4.79 Å². The first-order chi connectivity index (χ1) is 17.1. The van der Waals surface area contributed by atoms with E-state index in [0.29, 0.717) is 0 Å². The highest BCUT2D eigenvalue weighted by Gasteiger charge is 2.19. The second kappa shape index (κ2) is 13.5. The molecule has 0 radical (unpaired) electrons. The van der Waals surface area contributed by atoms with E-state index in [1.807, 2.05) is 24.3 Å². The number of ketones is 1. The fourth-order valence-corrected chi connectivity index (χ4v) is 4.54. The molecule has 0 bridgehead atoms. The molecule has 0 saturated heterocycles. The molecule has 2 aromatic carbocycles. The maximum Gasteiger partial charge on any atom is 0.184 e. The van der Waals surface area contributed by atoms with Crippen LogP contribution in [0.3, 0.4) is 0 Å². The number of hydrogen-bond acceptors (Lipinski definition) is 3. The molecular formula is C32H40N2O. The van der Waals surface area contributed by atoms with E-state index < -0.39 is 0 Å². The van der Waals surface area contributed by atoms with Crippen molar-refractivity contribution in [2.24, 2.45) is 0 Å². The van der Waals surface area contributed by atoms with Gasteiger partial charge < -0.3 is 9.80 Å². The Labute approximate surface area is 212 Å². The Morgan fingerprint density at radius 2 is 1.00 bits per heavy atom. The molecule has 1 aliphatic rings. The Hall–Kier alpha value is -3.33. The van der Waals surface area contributed by atoms with E-state index in [9.17, 15) is 4.79 Å². The van der Waals surface area contributed by atoms with Crippen molar-refractivity contribution in [3.05, 3.63) is 95.1 Å². The predicted molar refractivity (Wildman–Crippen MR) is 153 cm³/mol. The molecule has 1 aliphatic carbocycles. The normalized spacial score (nSPS) is 16.6. The average molecular weight is 469 g/mol. The number of anilines is 2. The van der Waals surface area contributed by atoms with Gasteiger partial charge in [-0.25, -0.2) is 0 Å². The fourth-order valence-electron chi connectivity index (χ4n) is 4.54. The summed E-state index contributed by atoms with van der Waals surface area (Å²) in [6, 6.07) is 17.2. The summed E-state index contributed by atoms with van der Waals surface area (Å²) in [6.07, 6.45) is 14.9. The number of hydrogen-bond donors (Lipinski definition) is 0. The zero-order chi connectivity index (χ0) is 25.0. The highest BCUT2D eigenvalue weighted by Crippen LogP contribution is 2.25. The molecule has 0 N–H and O–H groups in total. The molecule has 0 spiro atoms. The van der Waals surface area contributed by atoms with Gasteiger partial charge in [-0.15, -0.1) is 0 Å². The molecule has 0 aliphatic heterocycles. The van der Waals surface area contributed by atoms with Crippen molar-refractivity contribution in [1.29, 1.82) is 0 Å². The predicted octanol–water partition coefficient (Wildman–Crippen LogP) is 7.71. The summed E-state index contributed by atoms with van der Waals surface area (Å²) < 4.78 is 0. The summed E-state index contributed by atoms with van der Waals surface area (Å²) >= 11 is 0. The molecular weight excluding hydrogens is 428 g/mol. The third-order valence-electron chi connectivity index (χ3n) is 6.69.